The largest absolute Gasteiger partial charge is 0.497 e. The second kappa shape index (κ2) is 8.19. The van der Waals surface area contributed by atoms with Gasteiger partial charge in [0.25, 0.3) is 0 Å². The van der Waals surface area contributed by atoms with E-state index in [1.165, 1.54) is 0 Å². The predicted molar refractivity (Wildman–Crippen MR) is 113 cm³/mol. The number of aliphatic carboxylic acids is 1. The zero-order chi connectivity index (χ0) is 20.4. The van der Waals surface area contributed by atoms with Crippen LogP contribution in [0, 0.1) is 13.8 Å². The van der Waals surface area contributed by atoms with Gasteiger partial charge in [-0.3, -0.25) is 9.78 Å². The van der Waals surface area contributed by atoms with Crippen LogP contribution in [0.3, 0.4) is 0 Å². The Hall–Kier alpha value is -2.59. The van der Waals surface area contributed by atoms with Crippen molar-refractivity contribution in [1.82, 2.24) is 4.98 Å². The molecule has 3 rings (SSSR count). The van der Waals surface area contributed by atoms with Crippen LogP contribution in [-0.4, -0.2) is 23.2 Å². The van der Waals surface area contributed by atoms with Crippen molar-refractivity contribution in [1.29, 1.82) is 0 Å². The average molecular weight is 398 g/mol. The van der Waals surface area contributed by atoms with Crippen LogP contribution < -0.4 is 4.74 Å². The number of nitrogens with zero attached hydrogens (tertiary/aromatic N) is 1. The van der Waals surface area contributed by atoms with E-state index >= 15 is 0 Å². The van der Waals surface area contributed by atoms with Crippen LogP contribution in [0.4, 0.5) is 0 Å². The molecule has 1 unspecified atom stereocenters. The fourth-order valence-electron chi connectivity index (χ4n) is 3.81. The standard InChI is InChI=1S/C23H24ClNO3/c1-5-6-18(23(26)27)21-14(3)25-20-10-7-15(24)12-19(20)22(21)17-9-8-16(28-4)11-13(17)2/h7-12,18H,5-6H2,1-4H3,(H,26,27). The zero-order valence-electron chi connectivity index (χ0n) is 16.5. The van der Waals surface area contributed by atoms with Gasteiger partial charge in [-0.2, -0.15) is 0 Å². The highest BCUT2D eigenvalue weighted by molar-refractivity contribution is 6.31. The first kappa shape index (κ1) is 20.2. The van der Waals surface area contributed by atoms with Gasteiger partial charge in [-0.15, -0.1) is 0 Å². The molecule has 0 radical (unpaired) electrons. The van der Waals surface area contributed by atoms with Crippen molar-refractivity contribution >= 4 is 28.5 Å². The fourth-order valence-corrected chi connectivity index (χ4v) is 3.99. The van der Waals surface area contributed by atoms with Gasteiger partial charge >= 0.3 is 5.97 Å². The van der Waals surface area contributed by atoms with Crippen LogP contribution in [0.25, 0.3) is 22.0 Å². The topological polar surface area (TPSA) is 59.4 Å². The molecule has 5 heteroatoms. The van der Waals surface area contributed by atoms with Gasteiger partial charge in [-0.05, 0) is 72.9 Å². The number of aromatic nitrogens is 1. The number of carboxylic acid groups (broad SMARTS) is 1. The highest BCUT2D eigenvalue weighted by Crippen LogP contribution is 2.41. The van der Waals surface area contributed by atoms with Gasteiger partial charge < -0.3 is 9.84 Å². The van der Waals surface area contributed by atoms with Crippen LogP contribution in [0.2, 0.25) is 5.02 Å². The normalized spacial score (nSPS) is 12.2. The van der Waals surface area contributed by atoms with Crippen molar-refractivity contribution in [2.45, 2.75) is 39.5 Å². The highest BCUT2D eigenvalue weighted by atomic mass is 35.5. The van der Waals surface area contributed by atoms with Gasteiger partial charge in [0.05, 0.1) is 18.5 Å². The molecule has 0 aliphatic carbocycles. The molecule has 0 saturated carbocycles. The number of aryl methyl sites for hydroxylation is 2. The van der Waals surface area contributed by atoms with Crippen LogP contribution in [0.5, 0.6) is 5.75 Å². The van der Waals surface area contributed by atoms with Crippen LogP contribution >= 0.6 is 11.6 Å². The number of fused-ring (bicyclic) bond motifs is 1. The van der Waals surface area contributed by atoms with Crippen LogP contribution in [-0.2, 0) is 4.79 Å². The Bertz CT molecular complexity index is 1050. The van der Waals surface area contributed by atoms with Gasteiger partial charge in [0.15, 0.2) is 0 Å². The molecule has 1 aromatic heterocycles. The molecule has 28 heavy (non-hydrogen) atoms. The van der Waals surface area contributed by atoms with Gasteiger partial charge in [0.1, 0.15) is 5.75 Å². The first-order valence-electron chi connectivity index (χ1n) is 9.35. The molecular weight excluding hydrogens is 374 g/mol. The van der Waals surface area contributed by atoms with Gasteiger partial charge in [-0.25, -0.2) is 0 Å². The maximum absolute atomic E-state index is 12.1. The van der Waals surface area contributed by atoms with Crippen LogP contribution in [0.1, 0.15) is 42.5 Å². The fraction of sp³-hybridized carbons (Fsp3) is 0.304. The summed E-state index contributed by atoms with van der Waals surface area (Å²) in [6.45, 7) is 5.88. The number of carboxylic acids is 1. The molecule has 1 heterocycles. The van der Waals surface area contributed by atoms with Crippen molar-refractivity contribution in [2.75, 3.05) is 7.11 Å². The molecule has 4 nitrogen and oxygen atoms in total. The number of carbonyl (C=O) groups is 1. The summed E-state index contributed by atoms with van der Waals surface area (Å²) in [6, 6.07) is 11.4. The number of benzene rings is 2. The summed E-state index contributed by atoms with van der Waals surface area (Å²) >= 11 is 6.30. The summed E-state index contributed by atoms with van der Waals surface area (Å²) in [6.07, 6.45) is 1.32. The molecule has 2 aromatic carbocycles. The highest BCUT2D eigenvalue weighted by Gasteiger charge is 2.27. The number of rotatable bonds is 6. The third kappa shape index (κ3) is 3.69. The number of methoxy groups -OCH3 is 1. The third-order valence-corrected chi connectivity index (χ3v) is 5.34. The van der Waals surface area contributed by atoms with Crippen molar-refractivity contribution in [3.63, 3.8) is 0 Å². The Morgan fingerprint density at radius 2 is 1.96 bits per heavy atom. The number of ether oxygens (including phenoxy) is 1. The lowest BCUT2D eigenvalue weighted by molar-refractivity contribution is -0.139. The van der Waals surface area contributed by atoms with Gasteiger partial charge in [0.2, 0.25) is 0 Å². The van der Waals surface area contributed by atoms with E-state index in [1.54, 1.807) is 13.2 Å². The summed E-state index contributed by atoms with van der Waals surface area (Å²) < 4.78 is 5.34. The molecule has 0 amide bonds. The van der Waals surface area contributed by atoms with Crippen molar-refractivity contribution in [2.24, 2.45) is 0 Å². The minimum absolute atomic E-state index is 0.548. The van der Waals surface area contributed by atoms with Crippen LogP contribution in [0.15, 0.2) is 36.4 Å². The molecule has 1 atom stereocenters. The Kier molecular flexibility index (Phi) is 5.90. The molecule has 0 spiro atoms. The van der Waals surface area contributed by atoms with Crippen molar-refractivity contribution in [3.05, 3.63) is 58.2 Å². The number of hydrogen-bond acceptors (Lipinski definition) is 3. The second-order valence-electron chi connectivity index (χ2n) is 7.01. The maximum Gasteiger partial charge on any atom is 0.311 e. The number of hydrogen-bond donors (Lipinski definition) is 1. The minimum atomic E-state index is -0.833. The molecule has 146 valence electrons. The molecule has 0 fully saturated rings. The van der Waals surface area contributed by atoms with E-state index in [9.17, 15) is 9.90 Å². The van der Waals surface area contributed by atoms with Gasteiger partial charge in [-0.1, -0.05) is 31.0 Å². The molecular formula is C23H24ClNO3. The molecule has 0 saturated heterocycles. The van der Waals surface area contributed by atoms with Crippen molar-refractivity contribution < 1.29 is 14.6 Å². The summed E-state index contributed by atoms with van der Waals surface area (Å²) in [5, 5.41) is 11.4. The van der Waals surface area contributed by atoms with E-state index < -0.39 is 11.9 Å². The molecule has 1 N–H and O–H groups in total. The lowest BCUT2D eigenvalue weighted by Gasteiger charge is -2.22. The van der Waals surface area contributed by atoms with Crippen molar-refractivity contribution in [3.8, 4) is 16.9 Å². The predicted octanol–water partition coefficient (Wildman–Crippen LogP) is 6.15. The first-order chi connectivity index (χ1) is 13.4. The summed E-state index contributed by atoms with van der Waals surface area (Å²) in [4.78, 5) is 16.8. The maximum atomic E-state index is 12.1. The average Bonchev–Trinajstić information content (AvgIpc) is 2.66. The Morgan fingerprint density at radius 1 is 1.21 bits per heavy atom. The molecule has 0 aliphatic heterocycles. The minimum Gasteiger partial charge on any atom is -0.497 e. The quantitative estimate of drug-likeness (QED) is 0.542. The van der Waals surface area contributed by atoms with E-state index in [0.29, 0.717) is 11.4 Å². The van der Waals surface area contributed by atoms with E-state index in [-0.39, 0.29) is 0 Å². The monoisotopic (exact) mass is 397 g/mol. The summed E-state index contributed by atoms with van der Waals surface area (Å²) in [7, 11) is 1.63. The Balaban J connectivity index is 2.44. The van der Waals surface area contributed by atoms with E-state index in [1.807, 2.05) is 51.1 Å². The Labute approximate surface area is 170 Å². The van der Waals surface area contributed by atoms with E-state index in [2.05, 4.69) is 0 Å². The van der Waals surface area contributed by atoms with Gasteiger partial charge in [0, 0.05) is 16.1 Å². The lowest BCUT2D eigenvalue weighted by Crippen LogP contribution is -2.15. The SMILES string of the molecule is CCCC(C(=O)O)c1c(C)nc2ccc(Cl)cc2c1-c1ccc(OC)cc1C. The smallest absolute Gasteiger partial charge is 0.311 e. The Morgan fingerprint density at radius 3 is 2.57 bits per heavy atom. The first-order valence-corrected chi connectivity index (χ1v) is 9.72. The summed E-state index contributed by atoms with van der Waals surface area (Å²) in [5.74, 6) is -0.697. The number of halogens is 1. The molecule has 0 aliphatic rings. The molecule has 0 bridgehead atoms. The zero-order valence-corrected chi connectivity index (χ0v) is 17.3. The second-order valence-corrected chi connectivity index (χ2v) is 7.44. The van der Waals surface area contributed by atoms with E-state index in [0.717, 1.165) is 51.0 Å². The summed E-state index contributed by atoms with van der Waals surface area (Å²) in [5.41, 5.74) is 5.17. The lowest BCUT2D eigenvalue weighted by atomic mass is 9.83. The molecule has 3 aromatic rings. The number of pyridine rings is 1. The van der Waals surface area contributed by atoms with E-state index in [4.69, 9.17) is 21.3 Å². The third-order valence-electron chi connectivity index (χ3n) is 5.10.